The van der Waals surface area contributed by atoms with Gasteiger partial charge in [-0.2, -0.15) is 8.78 Å². The van der Waals surface area contributed by atoms with Crippen molar-refractivity contribution in [2.75, 3.05) is 38.7 Å². The highest BCUT2D eigenvalue weighted by atomic mass is 19.3. The molecule has 2 aromatic carbocycles. The molecule has 6 nitrogen and oxygen atoms in total. The monoisotopic (exact) mass is 446 g/mol. The van der Waals surface area contributed by atoms with Crippen LogP contribution in [0.4, 0.5) is 14.5 Å². The van der Waals surface area contributed by atoms with Gasteiger partial charge in [-0.05, 0) is 61.6 Å². The Morgan fingerprint density at radius 1 is 1.12 bits per heavy atom. The van der Waals surface area contributed by atoms with Crippen molar-refractivity contribution in [3.63, 3.8) is 0 Å². The highest BCUT2D eigenvalue weighted by Crippen LogP contribution is 2.29. The van der Waals surface area contributed by atoms with Crippen LogP contribution in [0, 0.1) is 0 Å². The van der Waals surface area contributed by atoms with E-state index in [0.717, 1.165) is 18.7 Å². The Balaban J connectivity index is 1.54. The molecule has 0 amide bonds. The van der Waals surface area contributed by atoms with Gasteiger partial charge in [-0.25, -0.2) is 0 Å². The van der Waals surface area contributed by atoms with Gasteiger partial charge in [0.15, 0.2) is 17.5 Å². The Morgan fingerprint density at radius 3 is 2.59 bits per heavy atom. The Morgan fingerprint density at radius 2 is 1.91 bits per heavy atom. The van der Waals surface area contributed by atoms with Gasteiger partial charge in [-0.15, -0.1) is 0 Å². The van der Waals surface area contributed by atoms with E-state index >= 15 is 0 Å². The Labute approximate surface area is 188 Å². The van der Waals surface area contributed by atoms with Gasteiger partial charge in [0.1, 0.15) is 0 Å². The van der Waals surface area contributed by atoms with E-state index in [1.54, 1.807) is 19.2 Å². The minimum atomic E-state index is -2.90. The van der Waals surface area contributed by atoms with Crippen molar-refractivity contribution < 1.29 is 18.3 Å². The van der Waals surface area contributed by atoms with Crippen LogP contribution < -0.4 is 25.0 Å². The molecule has 1 aliphatic rings. The van der Waals surface area contributed by atoms with Gasteiger partial charge in [0, 0.05) is 32.4 Å². The van der Waals surface area contributed by atoms with Crippen LogP contribution in [-0.2, 0) is 6.42 Å². The summed E-state index contributed by atoms with van der Waals surface area (Å²) >= 11 is 0. The fraction of sp³-hybridized carbons (Fsp3) is 0.458. The molecule has 1 unspecified atom stereocenters. The van der Waals surface area contributed by atoms with Crippen LogP contribution >= 0.6 is 0 Å². The molecule has 0 bridgehead atoms. The number of nitrogens with zero attached hydrogens (tertiary/aromatic N) is 2. The first kappa shape index (κ1) is 23.6. The van der Waals surface area contributed by atoms with Crippen molar-refractivity contribution in [2.24, 2.45) is 4.99 Å². The third-order valence-corrected chi connectivity index (χ3v) is 5.57. The minimum absolute atomic E-state index is 0.0361. The molecule has 0 aromatic heterocycles. The van der Waals surface area contributed by atoms with Crippen LogP contribution in [-0.4, -0.2) is 46.4 Å². The molecule has 1 atom stereocenters. The summed E-state index contributed by atoms with van der Waals surface area (Å²) in [6, 6.07) is 13.7. The van der Waals surface area contributed by atoms with Crippen molar-refractivity contribution in [1.82, 2.24) is 10.6 Å². The van der Waals surface area contributed by atoms with E-state index in [-0.39, 0.29) is 17.5 Å². The Kier molecular flexibility index (Phi) is 8.53. The Hall–Kier alpha value is -3.03. The number of methoxy groups -OCH3 is 1. The topological polar surface area (TPSA) is 58.1 Å². The first-order valence-corrected chi connectivity index (χ1v) is 10.9. The van der Waals surface area contributed by atoms with E-state index in [2.05, 4.69) is 56.5 Å². The lowest BCUT2D eigenvalue weighted by molar-refractivity contribution is -0.0512. The standard InChI is InChI=1S/C24H32F2N4O2/c1-17(19-7-6-8-20(16-19)30-13-4-5-14-30)29-24(27-2)28-12-11-18-9-10-21(31-3)22(15-18)32-23(25)26/h6-10,15-17,23H,4-5,11-14H2,1-3H3,(H2,27,28,29). The molecule has 1 fully saturated rings. The highest BCUT2D eigenvalue weighted by molar-refractivity contribution is 5.80. The number of halogens is 2. The van der Waals surface area contributed by atoms with Crippen LogP contribution in [0.3, 0.4) is 0 Å². The molecule has 0 radical (unpaired) electrons. The van der Waals surface area contributed by atoms with Gasteiger partial charge >= 0.3 is 6.61 Å². The first-order chi connectivity index (χ1) is 15.5. The molecule has 1 saturated heterocycles. The summed E-state index contributed by atoms with van der Waals surface area (Å²) in [4.78, 5) is 6.73. The number of nitrogens with one attached hydrogen (secondary N) is 2. The predicted molar refractivity (Wildman–Crippen MR) is 124 cm³/mol. The molecule has 174 valence electrons. The first-order valence-electron chi connectivity index (χ1n) is 10.9. The second-order valence-corrected chi connectivity index (χ2v) is 7.77. The number of alkyl halides is 2. The molecular formula is C24H32F2N4O2. The molecule has 2 N–H and O–H groups in total. The van der Waals surface area contributed by atoms with Crippen LogP contribution in [0.15, 0.2) is 47.5 Å². The van der Waals surface area contributed by atoms with Gasteiger partial charge in [0.2, 0.25) is 0 Å². The van der Waals surface area contributed by atoms with Gasteiger partial charge in [-0.3, -0.25) is 4.99 Å². The second kappa shape index (κ2) is 11.5. The quantitative estimate of drug-likeness (QED) is 0.443. The van der Waals surface area contributed by atoms with Crippen LogP contribution in [0.25, 0.3) is 0 Å². The van der Waals surface area contributed by atoms with Crippen LogP contribution in [0.2, 0.25) is 0 Å². The van der Waals surface area contributed by atoms with Crippen molar-refractivity contribution in [1.29, 1.82) is 0 Å². The molecule has 2 aromatic rings. The molecule has 0 spiro atoms. The molecule has 3 rings (SSSR count). The number of hydrogen-bond donors (Lipinski definition) is 2. The van der Waals surface area contributed by atoms with E-state index in [4.69, 9.17) is 4.74 Å². The number of hydrogen-bond acceptors (Lipinski definition) is 4. The van der Waals surface area contributed by atoms with E-state index in [1.807, 2.05) is 6.07 Å². The number of anilines is 1. The molecule has 8 heteroatoms. The van der Waals surface area contributed by atoms with Crippen LogP contribution in [0.5, 0.6) is 11.5 Å². The summed E-state index contributed by atoms with van der Waals surface area (Å²) in [5, 5.41) is 6.70. The average molecular weight is 447 g/mol. The Bertz CT molecular complexity index is 901. The minimum Gasteiger partial charge on any atom is -0.493 e. The van der Waals surface area contributed by atoms with Crippen molar-refractivity contribution in [2.45, 2.75) is 38.8 Å². The highest BCUT2D eigenvalue weighted by Gasteiger charge is 2.15. The zero-order valence-corrected chi connectivity index (χ0v) is 18.9. The number of aliphatic imine (C=N–C) groups is 1. The summed E-state index contributed by atoms with van der Waals surface area (Å²) < 4.78 is 34.9. The molecule has 1 aliphatic heterocycles. The van der Waals surface area contributed by atoms with Gasteiger partial charge in [-0.1, -0.05) is 18.2 Å². The zero-order chi connectivity index (χ0) is 22.9. The summed E-state index contributed by atoms with van der Waals surface area (Å²) in [7, 11) is 3.15. The molecular weight excluding hydrogens is 414 g/mol. The van der Waals surface area contributed by atoms with E-state index < -0.39 is 6.61 Å². The molecule has 0 saturated carbocycles. The van der Waals surface area contributed by atoms with Gasteiger partial charge in [0.05, 0.1) is 13.2 Å². The van der Waals surface area contributed by atoms with Crippen molar-refractivity contribution in [3.8, 4) is 11.5 Å². The fourth-order valence-electron chi connectivity index (χ4n) is 3.84. The predicted octanol–water partition coefficient (Wildman–Crippen LogP) is 4.37. The van der Waals surface area contributed by atoms with Crippen LogP contribution in [0.1, 0.15) is 36.9 Å². The second-order valence-electron chi connectivity index (χ2n) is 7.77. The smallest absolute Gasteiger partial charge is 0.387 e. The maximum Gasteiger partial charge on any atom is 0.387 e. The van der Waals surface area contributed by atoms with Crippen molar-refractivity contribution in [3.05, 3.63) is 53.6 Å². The number of guanidine groups is 1. The maximum atomic E-state index is 12.6. The van der Waals surface area contributed by atoms with Gasteiger partial charge in [0.25, 0.3) is 0 Å². The maximum absolute atomic E-state index is 12.6. The molecule has 0 aliphatic carbocycles. The van der Waals surface area contributed by atoms with E-state index in [0.29, 0.717) is 18.9 Å². The number of benzene rings is 2. The number of ether oxygens (including phenoxy) is 2. The summed E-state index contributed by atoms with van der Waals surface area (Å²) in [5.41, 5.74) is 3.31. The van der Waals surface area contributed by atoms with E-state index in [1.165, 1.54) is 31.2 Å². The zero-order valence-electron chi connectivity index (χ0n) is 18.9. The summed E-state index contributed by atoms with van der Waals surface area (Å²) in [6.07, 6.45) is 3.11. The average Bonchev–Trinajstić information content (AvgIpc) is 3.33. The van der Waals surface area contributed by atoms with Crippen molar-refractivity contribution >= 4 is 11.6 Å². The molecule has 32 heavy (non-hydrogen) atoms. The number of rotatable bonds is 9. The lowest BCUT2D eigenvalue weighted by Crippen LogP contribution is -2.39. The largest absolute Gasteiger partial charge is 0.493 e. The third kappa shape index (κ3) is 6.48. The van der Waals surface area contributed by atoms with Gasteiger partial charge < -0.3 is 25.0 Å². The van der Waals surface area contributed by atoms with E-state index in [9.17, 15) is 8.78 Å². The summed E-state index contributed by atoms with van der Waals surface area (Å²) in [6.45, 7) is 2.02. The third-order valence-electron chi connectivity index (χ3n) is 5.57. The SMILES string of the molecule is CN=C(NCCc1ccc(OC)c(OC(F)F)c1)NC(C)c1cccc(N2CCCC2)c1. The molecule has 1 heterocycles. The fourth-order valence-corrected chi connectivity index (χ4v) is 3.84. The normalized spacial score (nSPS) is 15.1. The lowest BCUT2D eigenvalue weighted by Gasteiger charge is -2.22. The summed E-state index contributed by atoms with van der Waals surface area (Å²) in [5.74, 6) is 1.00. The lowest BCUT2D eigenvalue weighted by atomic mass is 10.1.